The molecule has 0 heterocycles. The molecule has 30 heavy (non-hydrogen) atoms. The van der Waals surface area contributed by atoms with Crippen LogP contribution < -0.4 is 10.6 Å². The van der Waals surface area contributed by atoms with Gasteiger partial charge in [-0.1, -0.05) is 60.7 Å². The largest absolute Gasteiger partial charge is 0.445 e. The van der Waals surface area contributed by atoms with Crippen molar-refractivity contribution in [1.82, 2.24) is 10.6 Å². The van der Waals surface area contributed by atoms with Gasteiger partial charge in [-0.25, -0.2) is 9.59 Å². The van der Waals surface area contributed by atoms with Crippen molar-refractivity contribution in [2.75, 3.05) is 6.54 Å². The van der Waals surface area contributed by atoms with E-state index in [1.54, 1.807) is 20.8 Å². The maximum atomic E-state index is 12.2. The van der Waals surface area contributed by atoms with Crippen molar-refractivity contribution >= 4 is 12.2 Å². The zero-order chi connectivity index (χ0) is 22.0. The van der Waals surface area contributed by atoms with Crippen LogP contribution in [0.3, 0.4) is 0 Å². The number of hydrogen-bond acceptors (Lipinski definition) is 5. The first-order valence-electron chi connectivity index (χ1n) is 9.89. The number of ether oxygens (including phenoxy) is 2. The molecule has 2 rings (SSSR count). The topological polar surface area (TPSA) is 96.9 Å². The van der Waals surface area contributed by atoms with Crippen LogP contribution in [0.15, 0.2) is 60.7 Å². The Hall–Kier alpha value is -3.06. The molecule has 0 aliphatic rings. The Balaban J connectivity index is 1.91. The summed E-state index contributed by atoms with van der Waals surface area (Å²) < 4.78 is 10.4. The summed E-state index contributed by atoms with van der Waals surface area (Å²) in [5.74, 6) is 0. The fourth-order valence-electron chi connectivity index (χ4n) is 2.71. The minimum atomic E-state index is -1.04. The van der Waals surface area contributed by atoms with E-state index in [2.05, 4.69) is 10.6 Å². The Labute approximate surface area is 177 Å². The van der Waals surface area contributed by atoms with Crippen molar-refractivity contribution in [3.05, 3.63) is 71.8 Å². The molecule has 2 atom stereocenters. The molecule has 0 aliphatic carbocycles. The Morgan fingerprint density at radius 2 is 1.50 bits per heavy atom. The van der Waals surface area contributed by atoms with E-state index in [1.807, 2.05) is 60.7 Å². The van der Waals surface area contributed by atoms with Gasteiger partial charge in [0.15, 0.2) is 0 Å². The van der Waals surface area contributed by atoms with Gasteiger partial charge >= 0.3 is 12.2 Å². The fraction of sp³-hybridized carbons (Fsp3) is 0.391. The summed E-state index contributed by atoms with van der Waals surface area (Å²) in [6.07, 6.45) is -1.94. The highest BCUT2D eigenvalue weighted by Gasteiger charge is 2.25. The van der Waals surface area contributed by atoms with Crippen LogP contribution in [-0.4, -0.2) is 41.6 Å². The van der Waals surface area contributed by atoms with E-state index in [1.165, 1.54) is 0 Å². The van der Waals surface area contributed by atoms with Crippen molar-refractivity contribution < 1.29 is 24.2 Å². The van der Waals surface area contributed by atoms with Gasteiger partial charge in [0.25, 0.3) is 0 Å². The summed E-state index contributed by atoms with van der Waals surface area (Å²) in [5, 5.41) is 15.8. The first-order chi connectivity index (χ1) is 14.2. The Bertz CT molecular complexity index is 790. The SMILES string of the molecule is CC(C)(C)OC(=O)N[C@@H](Cc1ccccc1)[C@@H](O)CNC(=O)OCc1ccccc1. The van der Waals surface area contributed by atoms with Crippen molar-refractivity contribution in [3.63, 3.8) is 0 Å². The molecule has 0 aromatic heterocycles. The highest BCUT2D eigenvalue weighted by molar-refractivity contribution is 5.68. The molecule has 0 aliphatic heterocycles. The molecule has 0 saturated heterocycles. The van der Waals surface area contributed by atoms with E-state index >= 15 is 0 Å². The van der Waals surface area contributed by atoms with Crippen molar-refractivity contribution in [2.45, 2.75) is 51.5 Å². The molecule has 0 spiro atoms. The number of carbonyl (C=O) groups excluding carboxylic acids is 2. The van der Waals surface area contributed by atoms with Crippen molar-refractivity contribution in [3.8, 4) is 0 Å². The second kappa shape index (κ2) is 11.2. The molecule has 7 heteroatoms. The summed E-state index contributed by atoms with van der Waals surface area (Å²) in [6.45, 7) is 5.34. The van der Waals surface area contributed by atoms with E-state index in [-0.39, 0.29) is 13.2 Å². The predicted octanol–water partition coefficient (Wildman–Crippen LogP) is 3.41. The lowest BCUT2D eigenvalue weighted by atomic mass is 10.0. The van der Waals surface area contributed by atoms with E-state index < -0.39 is 29.9 Å². The van der Waals surface area contributed by atoms with Gasteiger partial charge in [0.2, 0.25) is 0 Å². The third-order valence-electron chi connectivity index (χ3n) is 4.13. The summed E-state index contributed by atoms with van der Waals surface area (Å²) in [4.78, 5) is 24.2. The van der Waals surface area contributed by atoms with Gasteiger partial charge in [0.05, 0.1) is 12.1 Å². The number of hydrogen-bond donors (Lipinski definition) is 3. The molecule has 7 nitrogen and oxygen atoms in total. The fourth-order valence-corrected chi connectivity index (χ4v) is 2.71. The Morgan fingerprint density at radius 1 is 0.933 bits per heavy atom. The number of nitrogens with one attached hydrogen (secondary N) is 2. The third-order valence-corrected chi connectivity index (χ3v) is 4.13. The maximum Gasteiger partial charge on any atom is 0.407 e. The van der Waals surface area contributed by atoms with Gasteiger partial charge in [-0.05, 0) is 38.3 Å². The van der Waals surface area contributed by atoms with Gasteiger partial charge in [0.1, 0.15) is 12.2 Å². The highest BCUT2D eigenvalue weighted by Crippen LogP contribution is 2.10. The smallest absolute Gasteiger partial charge is 0.407 e. The van der Waals surface area contributed by atoms with E-state index in [0.717, 1.165) is 11.1 Å². The molecule has 3 N–H and O–H groups in total. The van der Waals surface area contributed by atoms with Crippen LogP contribution in [0, 0.1) is 0 Å². The first-order valence-corrected chi connectivity index (χ1v) is 9.89. The van der Waals surface area contributed by atoms with E-state index in [4.69, 9.17) is 9.47 Å². The van der Waals surface area contributed by atoms with Gasteiger partial charge in [0, 0.05) is 6.54 Å². The average molecular weight is 415 g/mol. The van der Waals surface area contributed by atoms with Crippen LogP contribution in [-0.2, 0) is 22.5 Å². The van der Waals surface area contributed by atoms with Crippen LogP contribution in [0.2, 0.25) is 0 Å². The summed E-state index contributed by atoms with van der Waals surface area (Å²) in [7, 11) is 0. The molecule has 0 fully saturated rings. The predicted molar refractivity (Wildman–Crippen MR) is 114 cm³/mol. The van der Waals surface area contributed by atoms with Gasteiger partial charge in [-0.3, -0.25) is 0 Å². The molecule has 0 radical (unpaired) electrons. The quantitative estimate of drug-likeness (QED) is 0.615. The summed E-state index contributed by atoms with van der Waals surface area (Å²) >= 11 is 0. The molecule has 0 unspecified atom stereocenters. The normalized spacial score (nSPS) is 13.1. The molecule has 2 aromatic rings. The Kier molecular flexibility index (Phi) is 8.68. The van der Waals surface area contributed by atoms with Crippen LogP contribution >= 0.6 is 0 Å². The van der Waals surface area contributed by atoms with Crippen LogP contribution in [0.4, 0.5) is 9.59 Å². The standard InChI is InChI=1S/C23H30N2O5/c1-23(2,3)30-22(28)25-19(14-17-10-6-4-7-11-17)20(26)15-24-21(27)29-16-18-12-8-5-9-13-18/h4-13,19-20,26H,14-16H2,1-3H3,(H,24,27)(H,25,28)/t19-,20-/m0/s1. The molecular formula is C23H30N2O5. The molecule has 162 valence electrons. The average Bonchev–Trinajstić information content (AvgIpc) is 2.70. The van der Waals surface area contributed by atoms with Crippen molar-refractivity contribution in [2.24, 2.45) is 0 Å². The monoisotopic (exact) mass is 414 g/mol. The second-order valence-electron chi connectivity index (χ2n) is 7.95. The zero-order valence-corrected chi connectivity index (χ0v) is 17.6. The third kappa shape index (κ3) is 8.96. The second-order valence-corrected chi connectivity index (χ2v) is 7.95. The number of carbonyl (C=O) groups is 2. The van der Waals surface area contributed by atoms with Crippen molar-refractivity contribution in [1.29, 1.82) is 0 Å². The van der Waals surface area contributed by atoms with Gasteiger partial charge in [-0.15, -0.1) is 0 Å². The lowest BCUT2D eigenvalue weighted by molar-refractivity contribution is 0.0421. The minimum absolute atomic E-state index is 0.0824. The molecule has 2 aromatic carbocycles. The number of alkyl carbamates (subject to hydrolysis) is 2. The number of benzene rings is 2. The highest BCUT2D eigenvalue weighted by atomic mass is 16.6. The van der Waals surface area contributed by atoms with Gasteiger partial charge < -0.3 is 25.2 Å². The number of aliphatic hydroxyl groups is 1. The summed E-state index contributed by atoms with van der Waals surface area (Å²) in [5.41, 5.74) is 1.14. The molecular weight excluding hydrogens is 384 g/mol. The summed E-state index contributed by atoms with van der Waals surface area (Å²) in [6, 6.07) is 18.1. The zero-order valence-electron chi connectivity index (χ0n) is 17.6. The maximum absolute atomic E-state index is 12.2. The minimum Gasteiger partial charge on any atom is -0.445 e. The lowest BCUT2D eigenvalue weighted by Crippen LogP contribution is -2.50. The van der Waals surface area contributed by atoms with Crippen LogP contribution in [0.1, 0.15) is 31.9 Å². The van der Waals surface area contributed by atoms with E-state index in [0.29, 0.717) is 6.42 Å². The number of amides is 2. The first kappa shape index (κ1) is 23.2. The number of rotatable bonds is 8. The van der Waals surface area contributed by atoms with E-state index in [9.17, 15) is 14.7 Å². The van der Waals surface area contributed by atoms with Crippen LogP contribution in [0.25, 0.3) is 0 Å². The number of aliphatic hydroxyl groups excluding tert-OH is 1. The Morgan fingerprint density at radius 3 is 2.07 bits per heavy atom. The lowest BCUT2D eigenvalue weighted by Gasteiger charge is -2.27. The molecule has 2 amide bonds. The van der Waals surface area contributed by atoms with Crippen LogP contribution in [0.5, 0.6) is 0 Å². The molecule has 0 bridgehead atoms. The molecule has 0 saturated carbocycles. The van der Waals surface area contributed by atoms with Gasteiger partial charge in [-0.2, -0.15) is 0 Å².